The molecule has 0 saturated heterocycles. The van der Waals surface area contributed by atoms with E-state index in [4.69, 9.17) is 5.73 Å². The minimum absolute atomic E-state index is 0.0209. The van der Waals surface area contributed by atoms with Gasteiger partial charge in [0.2, 0.25) is 11.5 Å². The van der Waals surface area contributed by atoms with Crippen molar-refractivity contribution in [3.05, 3.63) is 38.0 Å². The van der Waals surface area contributed by atoms with E-state index in [2.05, 4.69) is 41.4 Å². The molecule has 11 nitrogen and oxygen atoms in total. The molecular formula is C10H7BrN6O5. The van der Waals surface area contributed by atoms with Gasteiger partial charge in [-0.2, -0.15) is 5.10 Å². The monoisotopic (exact) mass is 370 g/mol. The molecule has 1 heterocycles. The summed E-state index contributed by atoms with van der Waals surface area (Å²) in [7, 11) is 0. The number of non-ortho nitro benzene ring substituents is 1. The Morgan fingerprint density at radius 1 is 1.55 bits per heavy atom. The Bertz CT molecular complexity index is 773. The van der Waals surface area contributed by atoms with Gasteiger partial charge in [0, 0.05) is 17.7 Å². The fourth-order valence-corrected chi connectivity index (χ4v) is 1.84. The van der Waals surface area contributed by atoms with Crippen molar-refractivity contribution in [3.63, 3.8) is 0 Å². The molecule has 0 saturated carbocycles. The Morgan fingerprint density at radius 3 is 2.86 bits per heavy atom. The van der Waals surface area contributed by atoms with Gasteiger partial charge in [-0.3, -0.25) is 14.9 Å². The molecule has 12 heteroatoms. The molecule has 0 bridgehead atoms. The molecule has 1 aromatic carbocycles. The number of phenolic OH excluding ortho intramolecular Hbond substituents is 1. The molecular weight excluding hydrogens is 364 g/mol. The number of halogens is 1. The molecule has 2 rings (SSSR count). The van der Waals surface area contributed by atoms with Crippen molar-refractivity contribution < 1.29 is 19.5 Å². The molecule has 1 aromatic heterocycles. The van der Waals surface area contributed by atoms with Crippen molar-refractivity contribution in [2.75, 3.05) is 5.73 Å². The Hall–Kier alpha value is -3.02. The highest BCUT2D eigenvalue weighted by Gasteiger charge is 2.16. The smallest absolute Gasteiger partial charge is 0.297 e. The number of rotatable bonds is 4. The van der Waals surface area contributed by atoms with Crippen molar-refractivity contribution >= 4 is 39.6 Å². The second-order valence-corrected chi connectivity index (χ2v) is 4.67. The molecule has 0 aliphatic carbocycles. The van der Waals surface area contributed by atoms with Gasteiger partial charge in [0.15, 0.2) is 0 Å². The normalized spacial score (nSPS) is 10.8. The lowest BCUT2D eigenvalue weighted by atomic mass is 10.2. The molecule has 114 valence electrons. The summed E-state index contributed by atoms with van der Waals surface area (Å²) in [4.78, 5) is 21.7. The van der Waals surface area contributed by atoms with Crippen molar-refractivity contribution in [2.24, 2.45) is 5.10 Å². The Labute approximate surface area is 130 Å². The number of anilines is 1. The summed E-state index contributed by atoms with van der Waals surface area (Å²) in [5.41, 5.74) is 6.88. The van der Waals surface area contributed by atoms with Crippen LogP contribution >= 0.6 is 15.9 Å². The minimum Gasteiger partial charge on any atom is -0.506 e. The zero-order valence-corrected chi connectivity index (χ0v) is 12.1. The maximum atomic E-state index is 11.6. The number of hydrogen-bond acceptors (Lipinski definition) is 9. The van der Waals surface area contributed by atoms with Crippen LogP contribution in [0.15, 0.2) is 26.3 Å². The van der Waals surface area contributed by atoms with E-state index >= 15 is 0 Å². The number of nitrogen functional groups attached to an aromatic ring is 1. The highest BCUT2D eigenvalue weighted by Crippen LogP contribution is 2.31. The maximum Gasteiger partial charge on any atom is 0.297 e. The quantitative estimate of drug-likeness (QED) is 0.402. The first-order valence-electron chi connectivity index (χ1n) is 5.48. The maximum absolute atomic E-state index is 11.6. The van der Waals surface area contributed by atoms with E-state index in [-0.39, 0.29) is 33.0 Å². The average Bonchev–Trinajstić information content (AvgIpc) is 2.89. The van der Waals surface area contributed by atoms with Gasteiger partial charge in [-0.15, -0.1) is 0 Å². The second-order valence-electron chi connectivity index (χ2n) is 3.82. The van der Waals surface area contributed by atoms with Crippen LogP contribution in [0, 0.1) is 10.1 Å². The highest BCUT2D eigenvalue weighted by molar-refractivity contribution is 9.10. The second kappa shape index (κ2) is 6.17. The number of aromatic hydroxyl groups is 1. The molecule has 0 aliphatic heterocycles. The number of nitrogens with one attached hydrogen (secondary N) is 1. The molecule has 1 amide bonds. The van der Waals surface area contributed by atoms with Crippen LogP contribution in [0.25, 0.3) is 0 Å². The SMILES string of the molecule is Nc1nonc1C(=O)N/N=C/c1cc([N+](=O)[O-])cc(Br)c1O. The predicted molar refractivity (Wildman–Crippen MR) is 76.2 cm³/mol. The summed E-state index contributed by atoms with van der Waals surface area (Å²) in [5, 5.41) is 30.5. The zero-order valence-electron chi connectivity index (χ0n) is 10.6. The predicted octanol–water partition coefficient (Wildman–Crippen LogP) is 0.792. The van der Waals surface area contributed by atoms with E-state index in [9.17, 15) is 20.0 Å². The summed E-state index contributed by atoms with van der Waals surface area (Å²) in [6, 6.07) is 2.22. The minimum atomic E-state index is -0.793. The topological polar surface area (TPSA) is 170 Å². The summed E-state index contributed by atoms with van der Waals surface area (Å²) < 4.78 is 4.36. The first-order chi connectivity index (χ1) is 10.4. The van der Waals surface area contributed by atoms with Crippen LogP contribution in [0.4, 0.5) is 11.5 Å². The highest BCUT2D eigenvalue weighted by atomic mass is 79.9. The van der Waals surface area contributed by atoms with Gasteiger partial charge in [0.25, 0.3) is 11.6 Å². The van der Waals surface area contributed by atoms with Crippen molar-refractivity contribution in [2.45, 2.75) is 0 Å². The van der Waals surface area contributed by atoms with E-state index in [1.54, 1.807) is 0 Å². The van der Waals surface area contributed by atoms with Gasteiger partial charge in [-0.25, -0.2) is 10.1 Å². The number of nitrogens with zero attached hydrogens (tertiary/aromatic N) is 4. The molecule has 0 aliphatic rings. The number of amides is 1. The molecule has 0 radical (unpaired) electrons. The fourth-order valence-electron chi connectivity index (χ4n) is 1.38. The Morgan fingerprint density at radius 2 is 2.27 bits per heavy atom. The third-order valence-corrected chi connectivity index (χ3v) is 2.99. The number of nitrogens with two attached hydrogens (primary N) is 1. The van der Waals surface area contributed by atoms with Gasteiger partial charge in [-0.1, -0.05) is 0 Å². The Balaban J connectivity index is 2.18. The number of hydrogen-bond donors (Lipinski definition) is 3. The third kappa shape index (κ3) is 3.17. The van der Waals surface area contributed by atoms with Gasteiger partial charge < -0.3 is 10.8 Å². The van der Waals surface area contributed by atoms with E-state index < -0.39 is 10.8 Å². The van der Waals surface area contributed by atoms with Gasteiger partial charge >= 0.3 is 0 Å². The van der Waals surface area contributed by atoms with E-state index in [1.165, 1.54) is 0 Å². The van der Waals surface area contributed by atoms with Crippen LogP contribution in [-0.2, 0) is 0 Å². The van der Waals surface area contributed by atoms with Gasteiger partial charge in [0.1, 0.15) is 5.75 Å². The number of aromatic nitrogens is 2. The first kappa shape index (κ1) is 15.4. The van der Waals surface area contributed by atoms with Crippen molar-refractivity contribution in [3.8, 4) is 5.75 Å². The number of carbonyl (C=O) groups is 1. The number of phenols is 1. The molecule has 0 spiro atoms. The lowest BCUT2D eigenvalue weighted by molar-refractivity contribution is -0.385. The lowest BCUT2D eigenvalue weighted by Crippen LogP contribution is -2.19. The molecule has 22 heavy (non-hydrogen) atoms. The molecule has 0 atom stereocenters. The number of carbonyl (C=O) groups excluding carboxylic acids is 1. The summed E-state index contributed by atoms with van der Waals surface area (Å²) >= 11 is 2.98. The summed E-state index contributed by atoms with van der Waals surface area (Å²) in [5.74, 6) is -1.28. The van der Waals surface area contributed by atoms with Gasteiger partial charge in [0.05, 0.1) is 15.6 Å². The van der Waals surface area contributed by atoms with Gasteiger partial charge in [-0.05, 0) is 26.2 Å². The standard InChI is InChI=1S/C10H7BrN6O5/c11-6-2-5(17(20)21)1-4(8(6)18)3-13-14-10(19)7-9(12)16-22-15-7/h1-3,18H,(H2,12,16)(H,14,19)/b13-3+. The number of benzene rings is 1. The zero-order chi connectivity index (χ0) is 16.3. The lowest BCUT2D eigenvalue weighted by Gasteiger charge is -2.02. The third-order valence-electron chi connectivity index (χ3n) is 2.39. The van der Waals surface area contributed by atoms with Crippen LogP contribution in [0.5, 0.6) is 5.75 Å². The Kier molecular flexibility index (Phi) is 4.31. The van der Waals surface area contributed by atoms with Crippen LogP contribution < -0.4 is 11.2 Å². The largest absolute Gasteiger partial charge is 0.506 e. The van der Waals surface area contributed by atoms with Crippen LogP contribution in [0.2, 0.25) is 0 Å². The average molecular weight is 371 g/mol. The molecule has 2 aromatic rings. The van der Waals surface area contributed by atoms with E-state index in [0.717, 1.165) is 18.3 Å². The molecule has 0 fully saturated rings. The van der Waals surface area contributed by atoms with E-state index in [1.807, 2.05) is 0 Å². The number of nitro benzene ring substituents is 1. The fraction of sp³-hybridized carbons (Fsp3) is 0. The number of nitro groups is 1. The van der Waals surface area contributed by atoms with Crippen molar-refractivity contribution in [1.29, 1.82) is 0 Å². The van der Waals surface area contributed by atoms with Crippen molar-refractivity contribution in [1.82, 2.24) is 15.7 Å². The summed E-state index contributed by atoms with van der Waals surface area (Å²) in [6.45, 7) is 0. The first-order valence-corrected chi connectivity index (χ1v) is 6.27. The van der Waals surface area contributed by atoms with Crippen LogP contribution in [0.1, 0.15) is 16.1 Å². The van der Waals surface area contributed by atoms with Crippen LogP contribution in [0.3, 0.4) is 0 Å². The molecule has 4 N–H and O–H groups in total. The molecule has 0 unspecified atom stereocenters. The number of hydrazone groups is 1. The summed E-state index contributed by atoms with van der Waals surface area (Å²) in [6.07, 6.45) is 1.02. The van der Waals surface area contributed by atoms with Crippen LogP contribution in [-0.4, -0.2) is 32.5 Å². The van der Waals surface area contributed by atoms with E-state index in [0.29, 0.717) is 0 Å².